The lowest BCUT2D eigenvalue weighted by Crippen LogP contribution is -2.17. The smallest absolute Gasteiger partial charge is 0.123 e. The lowest BCUT2D eigenvalue weighted by atomic mass is 9.79. The van der Waals surface area contributed by atoms with Crippen LogP contribution in [0.5, 0.6) is 11.5 Å². The van der Waals surface area contributed by atoms with Gasteiger partial charge in [0.1, 0.15) is 11.5 Å². The monoisotopic (exact) mass is 516 g/mol. The minimum Gasteiger partial charge on any atom is -0.507 e. The molecule has 35 heavy (non-hydrogen) atoms. The minimum atomic E-state index is -0.143. The van der Waals surface area contributed by atoms with Crippen molar-refractivity contribution in [2.45, 2.75) is 132 Å². The first kappa shape index (κ1) is 30.0. The standard InChI is InChI=1S/C31H48O2S2/c1-14-25(34-19-15-21(28(2,3)4)26(32)22(16-19)29(5,6)7)35-20-17-23(30(8,9)10)27(33)24(18-20)31(11,12)13/h15-18,25,32-33H,14H2,1-13H3. The van der Waals surface area contributed by atoms with Gasteiger partial charge in [-0.3, -0.25) is 0 Å². The van der Waals surface area contributed by atoms with Gasteiger partial charge in [0.2, 0.25) is 0 Å². The van der Waals surface area contributed by atoms with E-state index in [0.717, 1.165) is 28.7 Å². The van der Waals surface area contributed by atoms with E-state index < -0.39 is 0 Å². The van der Waals surface area contributed by atoms with Crippen LogP contribution in [0, 0.1) is 0 Å². The van der Waals surface area contributed by atoms with E-state index in [1.165, 1.54) is 9.79 Å². The van der Waals surface area contributed by atoms with Crippen molar-refractivity contribution in [3.63, 3.8) is 0 Å². The van der Waals surface area contributed by atoms with E-state index in [-0.39, 0.29) is 21.7 Å². The highest BCUT2D eigenvalue weighted by Gasteiger charge is 2.29. The summed E-state index contributed by atoms with van der Waals surface area (Å²) >= 11 is 3.75. The topological polar surface area (TPSA) is 40.5 Å². The second-order valence-electron chi connectivity index (χ2n) is 13.8. The molecule has 0 radical (unpaired) electrons. The van der Waals surface area contributed by atoms with Crippen molar-refractivity contribution in [3.05, 3.63) is 46.5 Å². The number of phenolic OH excluding ortho intramolecular Hbond substituents is 2. The summed E-state index contributed by atoms with van der Waals surface area (Å²) in [6.07, 6.45) is 1.00. The molecule has 0 amide bonds. The third-order valence-electron chi connectivity index (χ3n) is 6.27. The molecule has 0 spiro atoms. The van der Waals surface area contributed by atoms with E-state index in [4.69, 9.17) is 0 Å². The van der Waals surface area contributed by atoms with Crippen LogP contribution in [-0.4, -0.2) is 14.8 Å². The van der Waals surface area contributed by atoms with Gasteiger partial charge in [0.15, 0.2) is 0 Å². The quantitative estimate of drug-likeness (QED) is 0.306. The molecule has 0 heterocycles. The largest absolute Gasteiger partial charge is 0.507 e. The van der Waals surface area contributed by atoms with Crippen LogP contribution in [0.4, 0.5) is 0 Å². The van der Waals surface area contributed by atoms with Crippen molar-refractivity contribution in [1.82, 2.24) is 0 Å². The van der Waals surface area contributed by atoms with Gasteiger partial charge in [0, 0.05) is 32.0 Å². The van der Waals surface area contributed by atoms with Crippen molar-refractivity contribution in [2.24, 2.45) is 0 Å². The van der Waals surface area contributed by atoms with E-state index >= 15 is 0 Å². The number of thioether (sulfide) groups is 2. The molecule has 0 aliphatic rings. The molecule has 196 valence electrons. The number of hydrogen-bond donors (Lipinski definition) is 2. The molecule has 0 aliphatic carbocycles. The summed E-state index contributed by atoms with van der Waals surface area (Å²) in [7, 11) is 0. The van der Waals surface area contributed by atoms with Gasteiger partial charge in [0.05, 0.1) is 4.58 Å². The van der Waals surface area contributed by atoms with Crippen LogP contribution < -0.4 is 0 Å². The Morgan fingerprint density at radius 1 is 0.543 bits per heavy atom. The number of phenols is 2. The van der Waals surface area contributed by atoms with Gasteiger partial charge in [-0.05, 0) is 52.3 Å². The first-order valence-electron chi connectivity index (χ1n) is 12.8. The minimum absolute atomic E-state index is 0.143. The molecule has 2 aromatic rings. The molecular weight excluding hydrogens is 468 g/mol. The highest BCUT2D eigenvalue weighted by molar-refractivity contribution is 8.17. The van der Waals surface area contributed by atoms with Crippen molar-refractivity contribution in [2.75, 3.05) is 0 Å². The number of rotatable bonds is 5. The maximum absolute atomic E-state index is 11.1. The van der Waals surface area contributed by atoms with E-state index in [1.54, 1.807) is 0 Å². The molecule has 4 heteroatoms. The van der Waals surface area contributed by atoms with Crippen LogP contribution in [0.2, 0.25) is 0 Å². The summed E-state index contributed by atoms with van der Waals surface area (Å²) in [6.45, 7) is 28.2. The number of benzene rings is 2. The normalized spacial score (nSPS) is 13.5. The summed E-state index contributed by atoms with van der Waals surface area (Å²) in [6, 6.07) is 8.71. The van der Waals surface area contributed by atoms with Gasteiger partial charge in [0.25, 0.3) is 0 Å². The molecule has 0 aliphatic heterocycles. The van der Waals surface area contributed by atoms with E-state index in [9.17, 15) is 10.2 Å². The highest BCUT2D eigenvalue weighted by atomic mass is 32.2. The Bertz CT molecular complexity index is 888. The lowest BCUT2D eigenvalue weighted by molar-refractivity contribution is 0.421. The molecule has 0 unspecified atom stereocenters. The van der Waals surface area contributed by atoms with Crippen LogP contribution in [-0.2, 0) is 21.7 Å². The average Bonchev–Trinajstić information content (AvgIpc) is 2.66. The summed E-state index contributed by atoms with van der Waals surface area (Å²) < 4.78 is 0.311. The molecule has 0 fully saturated rings. The summed E-state index contributed by atoms with van der Waals surface area (Å²) in [5.41, 5.74) is 3.43. The summed E-state index contributed by atoms with van der Waals surface area (Å²) in [5.74, 6) is 0.858. The molecular formula is C31H48O2S2. The van der Waals surface area contributed by atoms with Crippen LogP contribution in [0.3, 0.4) is 0 Å². The van der Waals surface area contributed by atoms with Gasteiger partial charge in [-0.1, -0.05) is 90.0 Å². The predicted octanol–water partition coefficient (Wildman–Crippen LogP) is 9.91. The first-order chi connectivity index (χ1) is 15.7. The van der Waals surface area contributed by atoms with E-state index in [2.05, 4.69) is 114 Å². The third kappa shape index (κ3) is 7.38. The Kier molecular flexibility index (Phi) is 8.77. The average molecular weight is 517 g/mol. The first-order valence-corrected chi connectivity index (χ1v) is 14.5. The second kappa shape index (κ2) is 10.2. The summed E-state index contributed by atoms with van der Waals surface area (Å²) in [4.78, 5) is 2.39. The Balaban J connectivity index is 2.54. The Hall–Kier alpha value is -1.26. The van der Waals surface area contributed by atoms with Crippen LogP contribution in [0.25, 0.3) is 0 Å². The van der Waals surface area contributed by atoms with Crippen molar-refractivity contribution >= 4 is 23.5 Å². The number of hydrogen-bond acceptors (Lipinski definition) is 4. The Morgan fingerprint density at radius 3 is 0.943 bits per heavy atom. The number of aromatic hydroxyl groups is 2. The Labute approximate surface area is 223 Å². The van der Waals surface area contributed by atoms with Crippen molar-refractivity contribution in [1.29, 1.82) is 0 Å². The molecule has 2 aromatic carbocycles. The van der Waals surface area contributed by atoms with Gasteiger partial charge in [-0.25, -0.2) is 0 Å². The molecule has 2 rings (SSSR count). The predicted molar refractivity (Wildman–Crippen MR) is 157 cm³/mol. The Morgan fingerprint density at radius 2 is 0.771 bits per heavy atom. The molecule has 2 N–H and O–H groups in total. The second-order valence-corrected chi connectivity index (χ2v) is 16.7. The third-order valence-corrected chi connectivity index (χ3v) is 9.05. The molecule has 0 atom stereocenters. The molecule has 0 aromatic heterocycles. The lowest BCUT2D eigenvalue weighted by Gasteiger charge is -2.29. The highest BCUT2D eigenvalue weighted by Crippen LogP contribution is 2.47. The van der Waals surface area contributed by atoms with Crippen LogP contribution in [0.15, 0.2) is 34.1 Å². The zero-order chi connectivity index (χ0) is 27.1. The molecule has 0 saturated heterocycles. The van der Waals surface area contributed by atoms with Gasteiger partial charge < -0.3 is 10.2 Å². The van der Waals surface area contributed by atoms with Crippen molar-refractivity contribution < 1.29 is 10.2 Å². The summed E-state index contributed by atoms with van der Waals surface area (Å²) in [5, 5.41) is 22.2. The fraction of sp³-hybridized carbons (Fsp3) is 0.613. The molecule has 2 nitrogen and oxygen atoms in total. The van der Waals surface area contributed by atoms with E-state index in [0.29, 0.717) is 16.1 Å². The SMILES string of the molecule is CCC(Sc1cc(C(C)(C)C)c(O)c(C(C)(C)C)c1)Sc1cc(C(C)(C)C)c(O)c(C(C)(C)C)c1. The fourth-order valence-corrected chi connectivity index (χ4v) is 6.68. The molecule has 0 bridgehead atoms. The van der Waals surface area contributed by atoms with E-state index in [1.807, 2.05) is 23.5 Å². The maximum atomic E-state index is 11.1. The molecule has 0 saturated carbocycles. The van der Waals surface area contributed by atoms with Crippen molar-refractivity contribution in [3.8, 4) is 11.5 Å². The van der Waals surface area contributed by atoms with Crippen LogP contribution in [0.1, 0.15) is 119 Å². The zero-order valence-corrected chi connectivity index (χ0v) is 25.9. The van der Waals surface area contributed by atoms with Gasteiger partial charge in [-0.15, -0.1) is 23.5 Å². The zero-order valence-electron chi connectivity index (χ0n) is 24.3. The fourth-order valence-electron chi connectivity index (χ4n) is 4.13. The van der Waals surface area contributed by atoms with Gasteiger partial charge >= 0.3 is 0 Å². The van der Waals surface area contributed by atoms with Gasteiger partial charge in [-0.2, -0.15) is 0 Å². The maximum Gasteiger partial charge on any atom is 0.123 e. The van der Waals surface area contributed by atoms with Crippen LogP contribution >= 0.6 is 23.5 Å².